The van der Waals surface area contributed by atoms with E-state index < -0.39 is 12.6 Å². The largest absolute Gasteiger partial charge is 0.658 e. The molecule has 0 heterocycles. The second-order valence-electron chi connectivity index (χ2n) is 16.7. The molecule has 0 saturated heterocycles. The van der Waals surface area contributed by atoms with Crippen LogP contribution in [0.3, 0.4) is 0 Å². The molecule has 2 aromatic carbocycles. The van der Waals surface area contributed by atoms with Gasteiger partial charge in [-0.1, -0.05) is 166 Å². The number of ether oxygens (including phenoxy) is 2. The molecular formula is C56H82BO6. The smallest absolute Gasteiger partial charge is 0.526 e. The molecule has 2 aromatic rings. The van der Waals surface area contributed by atoms with Gasteiger partial charge in [-0.2, -0.15) is 0 Å². The fourth-order valence-electron chi connectivity index (χ4n) is 7.01. The van der Waals surface area contributed by atoms with Crippen LogP contribution in [0.25, 0.3) is 0 Å². The molecule has 0 bridgehead atoms. The molecule has 0 spiro atoms. The molecule has 1 radical (unpaired) electrons. The third-order valence-electron chi connectivity index (χ3n) is 10.9. The molecule has 63 heavy (non-hydrogen) atoms. The van der Waals surface area contributed by atoms with Gasteiger partial charge in [0.2, 0.25) is 0 Å². The molecule has 0 aliphatic rings. The molecule has 2 N–H and O–H groups in total. The van der Waals surface area contributed by atoms with Crippen molar-refractivity contribution in [2.45, 2.75) is 232 Å². The summed E-state index contributed by atoms with van der Waals surface area (Å²) >= 11 is 0. The van der Waals surface area contributed by atoms with E-state index in [9.17, 15) is 10.2 Å². The van der Waals surface area contributed by atoms with Crippen LogP contribution in [-0.4, -0.2) is 30.5 Å². The van der Waals surface area contributed by atoms with Crippen LogP contribution in [-0.2, 0) is 0 Å². The lowest BCUT2D eigenvalue weighted by Gasteiger charge is -2.14. The highest BCUT2D eigenvalue weighted by Gasteiger charge is 2.09. The van der Waals surface area contributed by atoms with E-state index >= 15 is 0 Å². The van der Waals surface area contributed by atoms with Crippen LogP contribution in [0, 0.1) is 47.4 Å². The standard InChI is InChI=1S/C56H82BO6/c1-3-5-7-9-11-13-15-17-19-21-23-25-27-29-31-33-35-37-39-41-55(58)60-51-43-47-53(48-44-51)62-57-63-54-49-45-52(46-50-54)61-56(59)42-40-38-36-34-32-30-28-26-24-22-20-18-16-14-12-10-8-6-4-2/h43-50,55-56,58-59H,3-18,27-42H2,1-2H3. The van der Waals surface area contributed by atoms with Gasteiger partial charge in [-0.3, -0.25) is 0 Å². The van der Waals surface area contributed by atoms with Gasteiger partial charge in [0, 0.05) is 38.5 Å². The van der Waals surface area contributed by atoms with Crippen molar-refractivity contribution >= 4 is 7.69 Å². The van der Waals surface area contributed by atoms with Gasteiger partial charge < -0.3 is 29.0 Å². The van der Waals surface area contributed by atoms with Gasteiger partial charge in [-0.25, -0.2) is 0 Å². The van der Waals surface area contributed by atoms with Crippen molar-refractivity contribution in [2.24, 2.45) is 0 Å². The van der Waals surface area contributed by atoms with Gasteiger partial charge in [0.15, 0.2) is 12.6 Å². The van der Waals surface area contributed by atoms with Crippen LogP contribution in [0.4, 0.5) is 0 Å². The Hall–Kier alpha value is -4.14. The second-order valence-corrected chi connectivity index (χ2v) is 16.7. The van der Waals surface area contributed by atoms with E-state index in [1.165, 1.54) is 123 Å². The SMILES string of the molecule is CCCCCCCCCC#CC#CCCCCCCCCC(O)Oc1ccc(O[B]Oc2ccc(OC(O)CCCCCCCCC#CC#CCCCCCCCCC)cc2)cc1. The third-order valence-corrected chi connectivity index (χ3v) is 10.9. The molecule has 0 aromatic heterocycles. The van der Waals surface area contributed by atoms with Gasteiger partial charge in [-0.15, -0.1) is 0 Å². The van der Waals surface area contributed by atoms with Crippen molar-refractivity contribution < 1.29 is 29.0 Å². The summed E-state index contributed by atoms with van der Waals surface area (Å²) in [4.78, 5) is 0. The predicted octanol–water partition coefficient (Wildman–Crippen LogP) is 14.6. The lowest BCUT2D eigenvalue weighted by atomic mass is 10.1. The normalized spacial score (nSPS) is 11.3. The summed E-state index contributed by atoms with van der Waals surface area (Å²) in [5.41, 5.74) is 0. The Morgan fingerprint density at radius 3 is 0.921 bits per heavy atom. The summed E-state index contributed by atoms with van der Waals surface area (Å²) in [5, 5.41) is 20.7. The van der Waals surface area contributed by atoms with Crippen molar-refractivity contribution in [3.8, 4) is 70.4 Å². The number of rotatable bonds is 38. The van der Waals surface area contributed by atoms with Gasteiger partial charge in [0.25, 0.3) is 0 Å². The quantitative estimate of drug-likeness (QED) is 0.0303. The van der Waals surface area contributed by atoms with Gasteiger partial charge in [-0.05, 0) is 111 Å². The van der Waals surface area contributed by atoms with Crippen molar-refractivity contribution in [3.63, 3.8) is 0 Å². The predicted molar refractivity (Wildman–Crippen MR) is 263 cm³/mol. The molecular weight excluding hydrogens is 779 g/mol. The minimum Gasteiger partial charge on any atom is -0.526 e. The fraction of sp³-hybridized carbons (Fsp3) is 0.643. The fourth-order valence-corrected chi connectivity index (χ4v) is 7.01. The highest BCUT2D eigenvalue weighted by Crippen LogP contribution is 2.22. The van der Waals surface area contributed by atoms with Crippen molar-refractivity contribution in [2.75, 3.05) is 0 Å². The van der Waals surface area contributed by atoms with E-state index in [0.29, 0.717) is 35.8 Å². The summed E-state index contributed by atoms with van der Waals surface area (Å²) in [6.07, 6.45) is 35.0. The Kier molecular flexibility index (Phi) is 36.5. The van der Waals surface area contributed by atoms with Crippen molar-refractivity contribution in [3.05, 3.63) is 48.5 Å². The molecule has 2 rings (SSSR count). The van der Waals surface area contributed by atoms with Crippen LogP contribution in [0.5, 0.6) is 23.0 Å². The molecule has 0 amide bonds. The van der Waals surface area contributed by atoms with E-state index in [-0.39, 0.29) is 0 Å². The van der Waals surface area contributed by atoms with Crippen LogP contribution in [0.15, 0.2) is 48.5 Å². The molecule has 7 heteroatoms. The first-order valence-corrected chi connectivity index (χ1v) is 25.1. The Morgan fingerprint density at radius 2 is 0.619 bits per heavy atom. The van der Waals surface area contributed by atoms with E-state index in [1.807, 2.05) is 0 Å². The van der Waals surface area contributed by atoms with E-state index in [0.717, 1.165) is 77.0 Å². The Bertz CT molecular complexity index is 1490. The minimum absolute atomic E-state index is 0.581. The zero-order valence-electron chi connectivity index (χ0n) is 39.5. The van der Waals surface area contributed by atoms with Gasteiger partial charge in [0.05, 0.1) is 0 Å². The number of benzene rings is 2. The molecule has 345 valence electrons. The maximum absolute atomic E-state index is 10.4. The van der Waals surface area contributed by atoms with Crippen LogP contribution < -0.4 is 18.8 Å². The van der Waals surface area contributed by atoms with E-state index in [1.54, 1.807) is 48.5 Å². The van der Waals surface area contributed by atoms with Crippen LogP contribution in [0.2, 0.25) is 0 Å². The third kappa shape index (κ3) is 35.0. The molecule has 6 nitrogen and oxygen atoms in total. The summed E-state index contributed by atoms with van der Waals surface area (Å²) < 4.78 is 22.6. The molecule has 2 atom stereocenters. The van der Waals surface area contributed by atoms with E-state index in [2.05, 4.69) is 61.2 Å². The average Bonchev–Trinajstić information content (AvgIpc) is 3.29. The molecule has 0 saturated carbocycles. The van der Waals surface area contributed by atoms with Gasteiger partial charge in [0.1, 0.15) is 23.0 Å². The Labute approximate surface area is 386 Å². The summed E-state index contributed by atoms with van der Waals surface area (Å²) in [7, 11) is 1.26. The number of hydrogen-bond donors (Lipinski definition) is 2. The van der Waals surface area contributed by atoms with Crippen LogP contribution in [0.1, 0.15) is 219 Å². The van der Waals surface area contributed by atoms with Gasteiger partial charge >= 0.3 is 7.69 Å². The first-order chi connectivity index (χ1) is 31.1. The lowest BCUT2D eigenvalue weighted by Crippen LogP contribution is -2.15. The highest BCUT2D eigenvalue weighted by molar-refractivity contribution is 6.20. The zero-order chi connectivity index (χ0) is 44.9. The Balaban J connectivity index is 1.42. The summed E-state index contributed by atoms with van der Waals surface area (Å²) in [6, 6.07) is 14.1. The Morgan fingerprint density at radius 1 is 0.365 bits per heavy atom. The number of aliphatic hydroxyl groups is 2. The summed E-state index contributed by atoms with van der Waals surface area (Å²) in [5.74, 6) is 27.1. The maximum Gasteiger partial charge on any atom is 0.658 e. The number of aliphatic hydroxyl groups excluding tert-OH is 2. The molecule has 0 aliphatic heterocycles. The molecule has 2 unspecified atom stereocenters. The maximum atomic E-state index is 10.4. The first kappa shape index (κ1) is 55.0. The number of hydrogen-bond acceptors (Lipinski definition) is 6. The molecule has 0 aliphatic carbocycles. The molecule has 0 fully saturated rings. The second kappa shape index (κ2) is 41.9. The monoisotopic (exact) mass is 862 g/mol. The topological polar surface area (TPSA) is 77.4 Å². The van der Waals surface area contributed by atoms with Crippen molar-refractivity contribution in [1.82, 2.24) is 0 Å². The lowest BCUT2D eigenvalue weighted by molar-refractivity contribution is -0.0251. The zero-order valence-corrected chi connectivity index (χ0v) is 39.5. The van der Waals surface area contributed by atoms with Crippen LogP contribution >= 0.6 is 0 Å². The average molecular weight is 862 g/mol. The highest BCUT2D eigenvalue weighted by atomic mass is 16.6. The number of unbranched alkanes of at least 4 members (excludes halogenated alkanes) is 26. The minimum atomic E-state index is -0.839. The van der Waals surface area contributed by atoms with E-state index in [4.69, 9.17) is 18.8 Å². The summed E-state index contributed by atoms with van der Waals surface area (Å²) in [6.45, 7) is 4.51. The van der Waals surface area contributed by atoms with Crippen molar-refractivity contribution in [1.29, 1.82) is 0 Å². The first-order valence-electron chi connectivity index (χ1n) is 25.1.